The summed E-state index contributed by atoms with van der Waals surface area (Å²) < 4.78 is 1.37. The van der Waals surface area contributed by atoms with Gasteiger partial charge in [-0.15, -0.1) is 11.3 Å². The van der Waals surface area contributed by atoms with Gasteiger partial charge < -0.3 is 0 Å². The van der Waals surface area contributed by atoms with E-state index in [0.717, 1.165) is 6.42 Å². The number of allylic oxidation sites excluding steroid dienone is 1. The minimum atomic E-state index is 0.377. The van der Waals surface area contributed by atoms with Crippen LogP contribution in [0.15, 0.2) is 35.7 Å². The van der Waals surface area contributed by atoms with Crippen molar-refractivity contribution < 1.29 is 0 Å². The summed E-state index contributed by atoms with van der Waals surface area (Å²) in [6, 6.07) is 8.58. The van der Waals surface area contributed by atoms with Gasteiger partial charge in [-0.3, -0.25) is 0 Å². The van der Waals surface area contributed by atoms with Crippen molar-refractivity contribution in [3.63, 3.8) is 0 Å². The molecular weight excluding hydrogens is 212 g/mol. The first-order chi connectivity index (χ1) is 7.56. The molecule has 0 saturated carbocycles. The van der Waals surface area contributed by atoms with Crippen molar-refractivity contribution in [2.75, 3.05) is 0 Å². The highest BCUT2D eigenvalue weighted by atomic mass is 32.1. The smallest absolute Gasteiger partial charge is 0.0348 e. The Morgan fingerprint density at radius 2 is 1.94 bits per heavy atom. The first-order valence-corrected chi connectivity index (χ1v) is 6.57. The minimum absolute atomic E-state index is 0.377. The quantitative estimate of drug-likeness (QED) is 0.652. The van der Waals surface area contributed by atoms with Crippen molar-refractivity contribution >= 4 is 27.5 Å². The summed E-state index contributed by atoms with van der Waals surface area (Å²) in [6.07, 6.45) is 5.66. The van der Waals surface area contributed by atoms with Gasteiger partial charge in [-0.05, 0) is 34.2 Å². The van der Waals surface area contributed by atoms with Gasteiger partial charge in [-0.2, -0.15) is 0 Å². The fourth-order valence-electron chi connectivity index (χ4n) is 1.67. The van der Waals surface area contributed by atoms with Crippen LogP contribution in [0.3, 0.4) is 0 Å². The lowest BCUT2D eigenvalue weighted by molar-refractivity contribution is 0.421. The lowest BCUT2D eigenvalue weighted by atomic mass is 9.92. The Morgan fingerprint density at radius 1 is 1.19 bits per heavy atom. The summed E-state index contributed by atoms with van der Waals surface area (Å²) in [5, 5.41) is 3.61. The highest BCUT2D eigenvalue weighted by Crippen LogP contribution is 2.27. The van der Waals surface area contributed by atoms with E-state index in [1.807, 2.05) is 11.3 Å². The Hall–Kier alpha value is -1.08. The third kappa shape index (κ3) is 2.73. The summed E-state index contributed by atoms with van der Waals surface area (Å²) in [5.74, 6) is 0. The maximum Gasteiger partial charge on any atom is 0.0348 e. The van der Waals surface area contributed by atoms with Crippen LogP contribution in [0, 0.1) is 5.41 Å². The van der Waals surface area contributed by atoms with Crippen molar-refractivity contribution in [3.8, 4) is 0 Å². The molecule has 1 heteroatoms. The molecule has 84 valence electrons. The van der Waals surface area contributed by atoms with Gasteiger partial charge in [0.2, 0.25) is 0 Å². The Kier molecular flexibility index (Phi) is 3.15. The second-order valence-electron chi connectivity index (χ2n) is 5.35. The highest BCUT2D eigenvalue weighted by Gasteiger charge is 2.06. The molecule has 0 saturated heterocycles. The van der Waals surface area contributed by atoms with E-state index in [0.29, 0.717) is 5.41 Å². The fourth-order valence-corrected chi connectivity index (χ4v) is 2.60. The van der Waals surface area contributed by atoms with Gasteiger partial charge >= 0.3 is 0 Å². The number of hydrogen-bond acceptors (Lipinski definition) is 1. The molecule has 0 radical (unpaired) electrons. The molecule has 0 aliphatic heterocycles. The molecule has 2 aromatic rings. The van der Waals surface area contributed by atoms with Gasteiger partial charge in [0.25, 0.3) is 0 Å². The molecule has 0 nitrogen and oxygen atoms in total. The van der Waals surface area contributed by atoms with Crippen LogP contribution in [0.4, 0.5) is 0 Å². The predicted octanol–water partition coefficient (Wildman–Crippen LogP) is 5.35. The standard InChI is InChI=1S/C15H18S/c1-15(2,3)10-6-7-12-11-16-14-9-5-4-8-13(12)14/h4-9,11H,10H2,1-3H3/b7-6+. The van der Waals surface area contributed by atoms with Crippen LogP contribution in [-0.2, 0) is 0 Å². The third-order valence-electron chi connectivity index (χ3n) is 2.54. The van der Waals surface area contributed by atoms with Crippen LogP contribution in [0.5, 0.6) is 0 Å². The zero-order chi connectivity index (χ0) is 11.6. The SMILES string of the molecule is CC(C)(C)C/C=C/c1csc2ccccc12. The van der Waals surface area contributed by atoms with Crippen molar-refractivity contribution in [1.82, 2.24) is 0 Å². The van der Waals surface area contributed by atoms with E-state index in [9.17, 15) is 0 Å². The fraction of sp³-hybridized carbons (Fsp3) is 0.333. The molecule has 0 aliphatic carbocycles. The van der Waals surface area contributed by atoms with Crippen LogP contribution in [0.2, 0.25) is 0 Å². The van der Waals surface area contributed by atoms with E-state index in [4.69, 9.17) is 0 Å². The molecule has 1 aromatic carbocycles. The van der Waals surface area contributed by atoms with Crippen LogP contribution in [-0.4, -0.2) is 0 Å². The molecule has 0 N–H and O–H groups in total. The first-order valence-electron chi connectivity index (χ1n) is 5.69. The Balaban J connectivity index is 2.22. The molecule has 0 atom stereocenters. The molecule has 2 rings (SSSR count). The van der Waals surface area contributed by atoms with Crippen molar-refractivity contribution in [3.05, 3.63) is 41.3 Å². The van der Waals surface area contributed by atoms with E-state index < -0.39 is 0 Å². The van der Waals surface area contributed by atoms with E-state index in [1.54, 1.807) is 0 Å². The van der Waals surface area contributed by atoms with E-state index >= 15 is 0 Å². The Labute approximate surface area is 102 Å². The molecule has 0 spiro atoms. The number of thiophene rings is 1. The first kappa shape index (κ1) is 11.4. The Bertz CT molecular complexity index is 497. The topological polar surface area (TPSA) is 0 Å². The van der Waals surface area contributed by atoms with Gasteiger partial charge in [0.15, 0.2) is 0 Å². The normalized spacial score (nSPS) is 12.7. The summed E-state index contributed by atoms with van der Waals surface area (Å²) >= 11 is 1.82. The van der Waals surface area contributed by atoms with Gasteiger partial charge in [0.05, 0.1) is 0 Å². The van der Waals surface area contributed by atoms with Gasteiger partial charge in [-0.25, -0.2) is 0 Å². The molecule has 0 unspecified atom stereocenters. The van der Waals surface area contributed by atoms with E-state index in [2.05, 4.69) is 62.6 Å². The van der Waals surface area contributed by atoms with Crippen molar-refractivity contribution in [2.45, 2.75) is 27.2 Å². The summed E-state index contributed by atoms with van der Waals surface area (Å²) in [5.41, 5.74) is 1.73. The lowest BCUT2D eigenvalue weighted by Crippen LogP contribution is -2.01. The third-order valence-corrected chi connectivity index (χ3v) is 3.52. The van der Waals surface area contributed by atoms with E-state index in [-0.39, 0.29) is 0 Å². The summed E-state index contributed by atoms with van der Waals surface area (Å²) in [4.78, 5) is 0. The van der Waals surface area contributed by atoms with Crippen molar-refractivity contribution in [1.29, 1.82) is 0 Å². The maximum atomic E-state index is 2.29. The monoisotopic (exact) mass is 230 g/mol. The van der Waals surface area contributed by atoms with Crippen LogP contribution in [0.25, 0.3) is 16.2 Å². The van der Waals surface area contributed by atoms with Gasteiger partial charge in [-0.1, -0.05) is 51.1 Å². The molecule has 0 fully saturated rings. The second-order valence-corrected chi connectivity index (χ2v) is 6.27. The molecule has 16 heavy (non-hydrogen) atoms. The molecule has 1 aromatic heterocycles. The number of benzene rings is 1. The summed E-state index contributed by atoms with van der Waals surface area (Å²) in [6.45, 7) is 6.80. The number of fused-ring (bicyclic) bond motifs is 1. The molecule has 0 amide bonds. The largest absolute Gasteiger partial charge is 0.143 e. The Morgan fingerprint density at radius 3 is 2.69 bits per heavy atom. The lowest BCUT2D eigenvalue weighted by Gasteiger charge is -2.14. The van der Waals surface area contributed by atoms with Crippen LogP contribution < -0.4 is 0 Å². The molecular formula is C15H18S. The summed E-state index contributed by atoms with van der Waals surface area (Å²) in [7, 11) is 0. The van der Waals surface area contributed by atoms with Crippen molar-refractivity contribution in [2.24, 2.45) is 5.41 Å². The minimum Gasteiger partial charge on any atom is -0.143 e. The second kappa shape index (κ2) is 4.42. The predicted molar refractivity (Wildman–Crippen MR) is 74.9 cm³/mol. The average molecular weight is 230 g/mol. The number of hydrogen-bond donors (Lipinski definition) is 0. The zero-order valence-electron chi connectivity index (χ0n) is 10.2. The zero-order valence-corrected chi connectivity index (χ0v) is 11.0. The maximum absolute atomic E-state index is 2.29. The van der Waals surface area contributed by atoms with Gasteiger partial charge in [0, 0.05) is 4.70 Å². The van der Waals surface area contributed by atoms with Gasteiger partial charge in [0.1, 0.15) is 0 Å². The molecule has 0 aliphatic rings. The van der Waals surface area contributed by atoms with Crippen LogP contribution >= 0.6 is 11.3 Å². The van der Waals surface area contributed by atoms with Crippen LogP contribution in [0.1, 0.15) is 32.8 Å². The average Bonchev–Trinajstić information content (AvgIpc) is 2.60. The molecule has 0 bridgehead atoms. The highest BCUT2D eigenvalue weighted by molar-refractivity contribution is 7.17. The van der Waals surface area contributed by atoms with E-state index in [1.165, 1.54) is 15.6 Å². The number of rotatable bonds is 2. The molecule has 1 heterocycles.